The SMILES string of the molecule is Cn1cnc(Oc2ccc(S(=O)(=O)Cl)cn2)n1. The lowest BCUT2D eigenvalue weighted by atomic mass is 10.5. The van der Waals surface area contributed by atoms with E-state index in [0.717, 1.165) is 6.20 Å². The van der Waals surface area contributed by atoms with E-state index in [2.05, 4.69) is 15.1 Å². The zero-order valence-electron chi connectivity index (χ0n) is 8.61. The van der Waals surface area contributed by atoms with Crippen LogP contribution >= 0.6 is 10.7 Å². The Kier molecular flexibility index (Phi) is 2.99. The summed E-state index contributed by atoms with van der Waals surface area (Å²) in [5, 5.41) is 3.88. The Morgan fingerprint density at radius 3 is 2.59 bits per heavy atom. The lowest BCUT2D eigenvalue weighted by Crippen LogP contribution is -1.95. The second-order valence-electron chi connectivity index (χ2n) is 3.07. The van der Waals surface area contributed by atoms with Gasteiger partial charge >= 0.3 is 6.01 Å². The molecule has 17 heavy (non-hydrogen) atoms. The van der Waals surface area contributed by atoms with Gasteiger partial charge < -0.3 is 4.74 Å². The molecule has 0 aromatic carbocycles. The number of nitrogens with zero attached hydrogens (tertiary/aromatic N) is 4. The van der Waals surface area contributed by atoms with Crippen molar-refractivity contribution in [2.24, 2.45) is 7.05 Å². The first-order valence-electron chi connectivity index (χ1n) is 4.39. The molecule has 0 amide bonds. The third kappa shape index (κ3) is 2.92. The molecule has 7 nitrogen and oxygen atoms in total. The fourth-order valence-electron chi connectivity index (χ4n) is 1.03. The number of hydrogen-bond acceptors (Lipinski definition) is 6. The number of rotatable bonds is 3. The van der Waals surface area contributed by atoms with Crippen LogP contribution in [0.1, 0.15) is 0 Å². The van der Waals surface area contributed by atoms with Gasteiger partial charge in [0.1, 0.15) is 11.2 Å². The summed E-state index contributed by atoms with van der Waals surface area (Å²) in [5.74, 6) is 0.181. The van der Waals surface area contributed by atoms with Crippen LogP contribution in [0.5, 0.6) is 11.9 Å². The molecule has 90 valence electrons. The first-order valence-corrected chi connectivity index (χ1v) is 6.70. The average Bonchev–Trinajstić information content (AvgIpc) is 2.63. The summed E-state index contributed by atoms with van der Waals surface area (Å²) in [6, 6.07) is 2.78. The zero-order valence-corrected chi connectivity index (χ0v) is 10.2. The Labute approximate surface area is 101 Å². The minimum atomic E-state index is -3.77. The fraction of sp³-hybridized carbons (Fsp3) is 0.125. The van der Waals surface area contributed by atoms with Crippen molar-refractivity contribution in [1.82, 2.24) is 19.7 Å². The van der Waals surface area contributed by atoms with Crippen LogP contribution in [-0.2, 0) is 16.1 Å². The van der Waals surface area contributed by atoms with E-state index in [9.17, 15) is 8.42 Å². The zero-order chi connectivity index (χ0) is 12.5. The first-order chi connectivity index (χ1) is 7.95. The van der Waals surface area contributed by atoms with Crippen LogP contribution in [0.25, 0.3) is 0 Å². The monoisotopic (exact) mass is 274 g/mol. The van der Waals surface area contributed by atoms with Gasteiger partial charge in [-0.25, -0.2) is 13.4 Å². The summed E-state index contributed by atoms with van der Waals surface area (Å²) in [6.07, 6.45) is 2.56. The van der Waals surface area contributed by atoms with E-state index in [1.54, 1.807) is 7.05 Å². The first kappa shape index (κ1) is 11.8. The lowest BCUT2D eigenvalue weighted by molar-refractivity contribution is 0.422. The predicted molar refractivity (Wildman–Crippen MR) is 58.4 cm³/mol. The van der Waals surface area contributed by atoms with E-state index in [-0.39, 0.29) is 16.8 Å². The number of halogens is 1. The van der Waals surface area contributed by atoms with Crippen molar-refractivity contribution in [3.63, 3.8) is 0 Å². The molecule has 0 unspecified atom stereocenters. The second kappa shape index (κ2) is 4.30. The maximum absolute atomic E-state index is 11.0. The van der Waals surface area contributed by atoms with Gasteiger partial charge in [-0.05, 0) is 6.07 Å². The van der Waals surface area contributed by atoms with Gasteiger partial charge in [-0.3, -0.25) is 4.68 Å². The van der Waals surface area contributed by atoms with Crippen molar-refractivity contribution in [2.75, 3.05) is 0 Å². The molecule has 2 aromatic rings. The summed E-state index contributed by atoms with van der Waals surface area (Å²) in [4.78, 5) is 7.51. The summed E-state index contributed by atoms with van der Waals surface area (Å²) >= 11 is 0. The molecule has 2 rings (SSSR count). The van der Waals surface area contributed by atoms with Crippen LogP contribution < -0.4 is 4.74 Å². The highest BCUT2D eigenvalue weighted by Gasteiger charge is 2.11. The summed E-state index contributed by atoms with van der Waals surface area (Å²) in [6.45, 7) is 0. The van der Waals surface area contributed by atoms with Crippen LogP contribution in [0.3, 0.4) is 0 Å². The molecule has 0 N–H and O–H groups in total. The van der Waals surface area contributed by atoms with Crippen molar-refractivity contribution in [3.8, 4) is 11.9 Å². The van der Waals surface area contributed by atoms with Crippen LogP contribution in [0, 0.1) is 0 Å². The third-order valence-electron chi connectivity index (χ3n) is 1.77. The van der Waals surface area contributed by atoms with E-state index in [0.29, 0.717) is 0 Å². The Balaban J connectivity index is 2.19. The Bertz CT molecular complexity index is 622. The van der Waals surface area contributed by atoms with Crippen LogP contribution in [0.4, 0.5) is 0 Å². The van der Waals surface area contributed by atoms with Gasteiger partial charge in [0.25, 0.3) is 9.05 Å². The third-order valence-corrected chi connectivity index (χ3v) is 3.10. The molecular weight excluding hydrogens is 268 g/mol. The molecule has 0 bridgehead atoms. The van der Waals surface area contributed by atoms with Gasteiger partial charge in [0, 0.05) is 23.8 Å². The van der Waals surface area contributed by atoms with Gasteiger partial charge in [0.15, 0.2) is 0 Å². The topological polar surface area (TPSA) is 87.0 Å². The normalized spacial score (nSPS) is 11.4. The molecule has 0 atom stereocenters. The number of aromatic nitrogens is 4. The van der Waals surface area contributed by atoms with E-state index >= 15 is 0 Å². The smallest absolute Gasteiger partial charge is 0.342 e. The van der Waals surface area contributed by atoms with Crippen molar-refractivity contribution < 1.29 is 13.2 Å². The number of ether oxygens (including phenoxy) is 1. The van der Waals surface area contributed by atoms with Crippen LogP contribution in [0.15, 0.2) is 29.6 Å². The highest BCUT2D eigenvalue weighted by atomic mass is 35.7. The predicted octanol–water partition coefficient (Wildman–Crippen LogP) is 0.930. The number of hydrogen-bond donors (Lipinski definition) is 0. The quantitative estimate of drug-likeness (QED) is 0.774. The largest absolute Gasteiger partial charge is 0.404 e. The summed E-state index contributed by atoms with van der Waals surface area (Å²) in [5.41, 5.74) is 0. The molecule has 0 aliphatic heterocycles. The summed E-state index contributed by atoms with van der Waals surface area (Å²) in [7, 11) is 3.06. The molecule has 0 aliphatic rings. The van der Waals surface area contributed by atoms with Gasteiger partial charge in [-0.1, -0.05) is 0 Å². The number of pyridine rings is 1. The Morgan fingerprint density at radius 2 is 2.12 bits per heavy atom. The average molecular weight is 275 g/mol. The van der Waals surface area contributed by atoms with Crippen LogP contribution in [-0.4, -0.2) is 28.2 Å². The standard InChI is InChI=1S/C8H7ClN4O3S/c1-13-5-11-8(12-13)16-7-3-2-6(4-10-7)17(9,14)15/h2-5H,1H3. The molecule has 2 heterocycles. The molecule has 0 spiro atoms. The second-order valence-corrected chi connectivity index (χ2v) is 5.64. The van der Waals surface area contributed by atoms with E-state index in [4.69, 9.17) is 15.4 Å². The molecule has 0 fully saturated rings. The van der Waals surface area contributed by atoms with E-state index in [1.807, 2.05) is 0 Å². The Morgan fingerprint density at radius 1 is 1.35 bits per heavy atom. The minimum absolute atomic E-state index is 0.0968. The van der Waals surface area contributed by atoms with Crippen molar-refractivity contribution in [3.05, 3.63) is 24.7 Å². The maximum atomic E-state index is 11.0. The van der Waals surface area contributed by atoms with E-state index < -0.39 is 9.05 Å². The molecule has 0 aliphatic carbocycles. The maximum Gasteiger partial charge on any atom is 0.342 e. The molecule has 0 saturated carbocycles. The Hall–Kier alpha value is -1.67. The lowest BCUT2D eigenvalue weighted by Gasteiger charge is -2.00. The van der Waals surface area contributed by atoms with Gasteiger partial charge in [-0.15, -0.1) is 5.10 Å². The molecule has 9 heteroatoms. The molecule has 0 radical (unpaired) electrons. The molecule has 0 saturated heterocycles. The number of aryl methyl sites for hydroxylation is 1. The minimum Gasteiger partial charge on any atom is -0.404 e. The summed E-state index contributed by atoms with van der Waals surface area (Å²) < 4.78 is 28.6. The van der Waals surface area contributed by atoms with Gasteiger partial charge in [0.2, 0.25) is 5.88 Å². The van der Waals surface area contributed by atoms with Crippen molar-refractivity contribution >= 4 is 19.7 Å². The van der Waals surface area contributed by atoms with Gasteiger partial charge in [-0.2, -0.15) is 4.98 Å². The van der Waals surface area contributed by atoms with Crippen molar-refractivity contribution in [1.29, 1.82) is 0 Å². The molecule has 2 aromatic heterocycles. The highest BCUT2D eigenvalue weighted by Crippen LogP contribution is 2.18. The molecular formula is C8H7ClN4O3S. The highest BCUT2D eigenvalue weighted by molar-refractivity contribution is 8.13. The van der Waals surface area contributed by atoms with Crippen molar-refractivity contribution in [2.45, 2.75) is 4.90 Å². The van der Waals surface area contributed by atoms with E-state index in [1.165, 1.54) is 23.1 Å². The fourth-order valence-corrected chi connectivity index (χ4v) is 1.71. The van der Waals surface area contributed by atoms with Crippen LogP contribution in [0.2, 0.25) is 0 Å². The van der Waals surface area contributed by atoms with Gasteiger partial charge in [0.05, 0.1) is 6.20 Å².